The number of rotatable bonds is 3. The minimum absolute atomic E-state index is 0.211. The minimum atomic E-state index is -4.55. The molecule has 0 N–H and O–H groups in total. The maximum atomic E-state index is 12.4. The molecule has 1 rings (SSSR count). The van der Waals surface area contributed by atoms with Gasteiger partial charge in [0, 0.05) is 6.42 Å². The number of benzene rings is 1. The molecule has 1 aromatic carbocycles. The summed E-state index contributed by atoms with van der Waals surface area (Å²) in [7, 11) is 1.04. The van der Waals surface area contributed by atoms with E-state index in [9.17, 15) is 22.8 Å². The Morgan fingerprint density at radius 3 is 2.39 bits per heavy atom. The summed E-state index contributed by atoms with van der Waals surface area (Å²) in [5.74, 6) is -1.90. The van der Waals surface area contributed by atoms with Crippen LogP contribution in [0.4, 0.5) is 13.2 Å². The molecule has 0 fully saturated rings. The summed E-state index contributed by atoms with van der Waals surface area (Å²) in [5.41, 5.74) is -0.776. The van der Waals surface area contributed by atoms with Crippen molar-refractivity contribution in [1.82, 2.24) is 0 Å². The average Bonchev–Trinajstić information content (AvgIpc) is 2.26. The summed E-state index contributed by atoms with van der Waals surface area (Å²) in [6, 6.07) is 2.86. The number of esters is 1. The summed E-state index contributed by atoms with van der Waals surface area (Å²) >= 11 is 5.46. The second kappa shape index (κ2) is 5.39. The van der Waals surface area contributed by atoms with Crippen LogP contribution in [0.15, 0.2) is 18.2 Å². The summed E-state index contributed by atoms with van der Waals surface area (Å²) < 4.78 is 41.4. The molecule has 0 spiro atoms. The second-order valence-corrected chi connectivity index (χ2v) is 3.81. The van der Waals surface area contributed by atoms with Crippen molar-refractivity contribution in [3.8, 4) is 0 Å². The zero-order valence-corrected chi connectivity index (χ0v) is 9.93. The van der Waals surface area contributed by atoms with Crippen LogP contribution >= 0.6 is 11.6 Å². The molecule has 0 atom stereocenters. The fourth-order valence-electron chi connectivity index (χ4n) is 1.27. The highest BCUT2D eigenvalue weighted by Crippen LogP contribution is 2.34. The Bertz CT molecular complexity index is 483. The maximum absolute atomic E-state index is 12.4. The number of carbonyl (C=O) groups excluding carboxylic acids is 2. The SMILES string of the molecule is COC(=O)C(=O)Cc1ccc(C(F)(F)F)c(Cl)c1. The molecule has 0 aliphatic rings. The van der Waals surface area contributed by atoms with Crippen molar-refractivity contribution >= 4 is 23.4 Å². The molecular formula is C11H8ClF3O3. The van der Waals surface area contributed by atoms with E-state index in [4.69, 9.17) is 11.6 Å². The molecule has 0 aliphatic carbocycles. The Hall–Kier alpha value is -1.56. The fourth-order valence-corrected chi connectivity index (χ4v) is 1.58. The summed E-state index contributed by atoms with van der Waals surface area (Å²) in [6.07, 6.45) is -4.91. The van der Waals surface area contributed by atoms with Gasteiger partial charge >= 0.3 is 12.1 Å². The topological polar surface area (TPSA) is 43.4 Å². The number of methoxy groups -OCH3 is 1. The van der Waals surface area contributed by atoms with Crippen molar-refractivity contribution in [2.75, 3.05) is 7.11 Å². The molecule has 0 radical (unpaired) electrons. The van der Waals surface area contributed by atoms with Gasteiger partial charge in [-0.1, -0.05) is 17.7 Å². The monoisotopic (exact) mass is 280 g/mol. The van der Waals surface area contributed by atoms with Gasteiger partial charge in [-0.15, -0.1) is 0 Å². The molecule has 98 valence electrons. The van der Waals surface area contributed by atoms with E-state index < -0.39 is 28.5 Å². The number of halogens is 4. The minimum Gasteiger partial charge on any atom is -0.463 e. The van der Waals surface area contributed by atoms with Crippen LogP contribution in [0, 0.1) is 0 Å². The molecule has 1 aromatic rings. The van der Waals surface area contributed by atoms with Crippen LogP contribution in [-0.2, 0) is 26.9 Å². The van der Waals surface area contributed by atoms with Crippen LogP contribution in [0.1, 0.15) is 11.1 Å². The van der Waals surface area contributed by atoms with Crippen LogP contribution < -0.4 is 0 Å². The lowest BCUT2D eigenvalue weighted by atomic mass is 10.1. The fraction of sp³-hybridized carbons (Fsp3) is 0.273. The molecule has 0 aromatic heterocycles. The lowest BCUT2D eigenvalue weighted by molar-refractivity contribution is -0.151. The first-order valence-electron chi connectivity index (χ1n) is 4.72. The highest BCUT2D eigenvalue weighted by Gasteiger charge is 2.33. The van der Waals surface area contributed by atoms with E-state index in [1.165, 1.54) is 0 Å². The van der Waals surface area contributed by atoms with E-state index in [2.05, 4.69) is 4.74 Å². The van der Waals surface area contributed by atoms with Gasteiger partial charge in [0.1, 0.15) is 0 Å². The summed E-state index contributed by atoms with van der Waals surface area (Å²) in [5, 5.41) is -0.516. The van der Waals surface area contributed by atoms with Gasteiger partial charge in [0.25, 0.3) is 0 Å². The molecule has 0 amide bonds. The van der Waals surface area contributed by atoms with Crippen molar-refractivity contribution in [3.05, 3.63) is 34.3 Å². The van der Waals surface area contributed by atoms with E-state index in [-0.39, 0.29) is 12.0 Å². The maximum Gasteiger partial charge on any atom is 0.417 e. The van der Waals surface area contributed by atoms with Gasteiger partial charge in [-0.05, 0) is 17.7 Å². The van der Waals surface area contributed by atoms with E-state index in [1.54, 1.807) is 0 Å². The Morgan fingerprint density at radius 2 is 1.94 bits per heavy atom. The smallest absolute Gasteiger partial charge is 0.417 e. The second-order valence-electron chi connectivity index (χ2n) is 3.40. The molecule has 0 aliphatic heterocycles. The van der Waals surface area contributed by atoms with Crippen LogP contribution in [0.25, 0.3) is 0 Å². The standard InChI is InChI=1S/C11H8ClF3O3/c1-18-10(17)9(16)5-6-2-3-7(8(12)4-6)11(13,14)15/h2-4H,5H2,1H3. The van der Waals surface area contributed by atoms with Crippen LogP contribution in [0.5, 0.6) is 0 Å². The number of carbonyl (C=O) groups is 2. The van der Waals surface area contributed by atoms with Crippen molar-refractivity contribution in [2.45, 2.75) is 12.6 Å². The number of ether oxygens (including phenoxy) is 1. The molecule has 0 bridgehead atoms. The van der Waals surface area contributed by atoms with Gasteiger partial charge in [0.15, 0.2) is 0 Å². The molecule has 0 saturated heterocycles. The first-order valence-corrected chi connectivity index (χ1v) is 5.10. The third kappa shape index (κ3) is 3.46. The molecule has 0 heterocycles. The first-order chi connectivity index (χ1) is 8.25. The van der Waals surface area contributed by atoms with E-state index >= 15 is 0 Å². The van der Waals surface area contributed by atoms with Crippen LogP contribution in [0.3, 0.4) is 0 Å². The molecule has 0 saturated carbocycles. The average molecular weight is 281 g/mol. The van der Waals surface area contributed by atoms with E-state index in [0.29, 0.717) is 0 Å². The lowest BCUT2D eigenvalue weighted by Crippen LogP contribution is -2.18. The number of Topliss-reactive ketones (excluding diaryl/α,β-unsaturated/α-hetero) is 1. The third-order valence-electron chi connectivity index (χ3n) is 2.12. The Labute approximate surface area is 105 Å². The summed E-state index contributed by atoms with van der Waals surface area (Å²) in [4.78, 5) is 22.0. The highest BCUT2D eigenvalue weighted by atomic mass is 35.5. The van der Waals surface area contributed by atoms with Crippen molar-refractivity contribution in [2.24, 2.45) is 0 Å². The number of alkyl halides is 3. The highest BCUT2D eigenvalue weighted by molar-refractivity contribution is 6.34. The summed E-state index contributed by atoms with van der Waals surface area (Å²) in [6.45, 7) is 0. The van der Waals surface area contributed by atoms with E-state index in [0.717, 1.165) is 25.3 Å². The quantitative estimate of drug-likeness (QED) is 0.631. The molecular weight excluding hydrogens is 273 g/mol. The number of hydrogen-bond donors (Lipinski definition) is 0. The zero-order chi connectivity index (χ0) is 13.9. The van der Waals surface area contributed by atoms with Gasteiger partial charge in [-0.3, -0.25) is 4.79 Å². The molecule has 18 heavy (non-hydrogen) atoms. The van der Waals surface area contributed by atoms with Gasteiger partial charge in [0.05, 0.1) is 17.7 Å². The van der Waals surface area contributed by atoms with Gasteiger partial charge in [-0.25, -0.2) is 4.79 Å². The predicted octanol–water partition coefficient (Wildman–Crippen LogP) is 2.64. The predicted molar refractivity (Wildman–Crippen MR) is 57.2 cm³/mol. The van der Waals surface area contributed by atoms with E-state index in [1.807, 2.05) is 0 Å². The zero-order valence-electron chi connectivity index (χ0n) is 9.18. The lowest BCUT2D eigenvalue weighted by Gasteiger charge is -2.09. The molecule has 3 nitrogen and oxygen atoms in total. The van der Waals surface area contributed by atoms with Gasteiger partial charge in [0.2, 0.25) is 5.78 Å². The Balaban J connectivity index is 2.92. The van der Waals surface area contributed by atoms with Crippen LogP contribution in [-0.4, -0.2) is 18.9 Å². The number of hydrogen-bond acceptors (Lipinski definition) is 3. The first kappa shape index (κ1) is 14.5. The van der Waals surface area contributed by atoms with Gasteiger partial charge < -0.3 is 4.74 Å². The van der Waals surface area contributed by atoms with Gasteiger partial charge in [-0.2, -0.15) is 13.2 Å². The van der Waals surface area contributed by atoms with Crippen molar-refractivity contribution < 1.29 is 27.5 Å². The molecule has 0 unspecified atom stereocenters. The largest absolute Gasteiger partial charge is 0.463 e. The molecule has 7 heteroatoms. The van der Waals surface area contributed by atoms with Crippen LogP contribution in [0.2, 0.25) is 5.02 Å². The number of ketones is 1. The Morgan fingerprint density at radius 1 is 1.33 bits per heavy atom. The third-order valence-corrected chi connectivity index (χ3v) is 2.43. The van der Waals surface area contributed by atoms with Crippen molar-refractivity contribution in [3.63, 3.8) is 0 Å². The van der Waals surface area contributed by atoms with Crippen molar-refractivity contribution in [1.29, 1.82) is 0 Å². The Kier molecular flexibility index (Phi) is 4.34. The normalized spacial score (nSPS) is 11.2.